The molecule has 1 aromatic carbocycles. The third-order valence-corrected chi connectivity index (χ3v) is 4.23. The van der Waals surface area contributed by atoms with Crippen molar-refractivity contribution in [2.75, 3.05) is 7.11 Å². The van der Waals surface area contributed by atoms with Gasteiger partial charge in [0, 0.05) is 25.2 Å². The second-order valence-electron chi connectivity index (χ2n) is 5.95. The number of nitrogens with zero attached hydrogens (tertiary/aromatic N) is 1. The third kappa shape index (κ3) is 2.92. The fourth-order valence-electron chi connectivity index (χ4n) is 2.69. The maximum Gasteiger partial charge on any atom is 0.255 e. The van der Waals surface area contributed by atoms with E-state index in [0.717, 1.165) is 28.1 Å². The number of ether oxygens (including phenoxy) is 1. The molecule has 0 aliphatic heterocycles. The molecule has 0 bridgehead atoms. The van der Waals surface area contributed by atoms with Crippen LogP contribution in [0.3, 0.4) is 0 Å². The van der Waals surface area contributed by atoms with Gasteiger partial charge in [-0.25, -0.2) is 0 Å². The van der Waals surface area contributed by atoms with Crippen LogP contribution in [-0.2, 0) is 13.6 Å². The zero-order valence-corrected chi connectivity index (χ0v) is 13.3. The van der Waals surface area contributed by atoms with E-state index in [0.29, 0.717) is 12.6 Å². The monoisotopic (exact) mass is 298 g/mol. The molecule has 2 aromatic rings. The number of hydrogen-bond donors (Lipinski definition) is 1. The van der Waals surface area contributed by atoms with Gasteiger partial charge in [0.2, 0.25) is 0 Å². The van der Waals surface area contributed by atoms with Crippen LogP contribution in [0.2, 0.25) is 0 Å². The molecule has 22 heavy (non-hydrogen) atoms. The maximum atomic E-state index is 12.5. The largest absolute Gasteiger partial charge is 0.496 e. The van der Waals surface area contributed by atoms with E-state index in [9.17, 15) is 4.79 Å². The Morgan fingerprint density at radius 2 is 2.05 bits per heavy atom. The third-order valence-electron chi connectivity index (χ3n) is 4.23. The smallest absolute Gasteiger partial charge is 0.255 e. The van der Waals surface area contributed by atoms with Gasteiger partial charge in [0.1, 0.15) is 5.75 Å². The van der Waals surface area contributed by atoms with Gasteiger partial charge in [-0.1, -0.05) is 6.07 Å². The Labute approximate surface area is 130 Å². The van der Waals surface area contributed by atoms with E-state index in [1.807, 2.05) is 38.2 Å². The van der Waals surface area contributed by atoms with Crippen molar-refractivity contribution in [3.8, 4) is 17.0 Å². The molecule has 4 heteroatoms. The topological polar surface area (TPSA) is 43.3 Å². The van der Waals surface area contributed by atoms with Crippen LogP contribution in [0, 0.1) is 6.92 Å². The highest BCUT2D eigenvalue weighted by atomic mass is 16.5. The lowest BCUT2D eigenvalue weighted by atomic mass is 10.1. The summed E-state index contributed by atoms with van der Waals surface area (Å²) in [6, 6.07) is 10.5. The van der Waals surface area contributed by atoms with Crippen molar-refractivity contribution in [1.82, 2.24) is 9.88 Å². The second kappa shape index (κ2) is 5.97. The van der Waals surface area contributed by atoms with Crippen molar-refractivity contribution < 1.29 is 4.74 Å². The average molecular weight is 298 g/mol. The standard InChI is InChI=1S/C18H22N2O2/c1-12-10-13(5-9-17(12)22-3)16-8-4-14(18(21)20(16)2)11-19-15-6-7-15/h4-5,8-10,15,19H,6-7,11H2,1-3H3. The summed E-state index contributed by atoms with van der Waals surface area (Å²) in [4.78, 5) is 12.5. The van der Waals surface area contributed by atoms with Gasteiger partial charge in [0.25, 0.3) is 5.56 Å². The fourth-order valence-corrected chi connectivity index (χ4v) is 2.69. The van der Waals surface area contributed by atoms with Crippen molar-refractivity contribution in [1.29, 1.82) is 0 Å². The molecule has 0 atom stereocenters. The first kappa shape index (κ1) is 14.9. The van der Waals surface area contributed by atoms with Gasteiger partial charge in [-0.3, -0.25) is 4.79 Å². The molecule has 1 N–H and O–H groups in total. The van der Waals surface area contributed by atoms with Crippen molar-refractivity contribution in [2.24, 2.45) is 7.05 Å². The Balaban J connectivity index is 1.92. The minimum Gasteiger partial charge on any atom is -0.496 e. The Bertz CT molecular complexity index is 745. The maximum absolute atomic E-state index is 12.5. The van der Waals surface area contributed by atoms with E-state index in [1.54, 1.807) is 11.7 Å². The normalized spacial score (nSPS) is 14.1. The minimum absolute atomic E-state index is 0.0686. The number of methoxy groups -OCH3 is 1. The van der Waals surface area contributed by atoms with E-state index in [4.69, 9.17) is 4.74 Å². The van der Waals surface area contributed by atoms with E-state index in [1.165, 1.54) is 12.8 Å². The average Bonchev–Trinajstić information content (AvgIpc) is 3.33. The molecule has 4 nitrogen and oxygen atoms in total. The van der Waals surface area contributed by atoms with Crippen LogP contribution in [0.15, 0.2) is 35.1 Å². The summed E-state index contributed by atoms with van der Waals surface area (Å²) < 4.78 is 7.02. The van der Waals surface area contributed by atoms with Crippen molar-refractivity contribution in [2.45, 2.75) is 32.4 Å². The summed E-state index contributed by atoms with van der Waals surface area (Å²) >= 11 is 0. The molecular formula is C18H22N2O2. The lowest BCUT2D eigenvalue weighted by Gasteiger charge is -2.13. The van der Waals surface area contributed by atoms with E-state index < -0.39 is 0 Å². The van der Waals surface area contributed by atoms with E-state index >= 15 is 0 Å². The number of pyridine rings is 1. The first-order chi connectivity index (χ1) is 10.6. The zero-order chi connectivity index (χ0) is 15.7. The summed E-state index contributed by atoms with van der Waals surface area (Å²) in [5.41, 5.74) is 3.90. The van der Waals surface area contributed by atoms with Crippen molar-refractivity contribution in [3.63, 3.8) is 0 Å². The minimum atomic E-state index is 0.0686. The molecule has 116 valence electrons. The van der Waals surface area contributed by atoms with Crippen LogP contribution < -0.4 is 15.6 Å². The van der Waals surface area contributed by atoms with E-state index in [2.05, 4.69) is 11.4 Å². The van der Waals surface area contributed by atoms with Crippen LogP contribution in [0.4, 0.5) is 0 Å². The lowest BCUT2D eigenvalue weighted by molar-refractivity contribution is 0.412. The highest BCUT2D eigenvalue weighted by molar-refractivity contribution is 5.62. The number of rotatable bonds is 5. The molecule has 1 heterocycles. The predicted octanol–water partition coefficient (Wildman–Crippen LogP) is 2.62. The molecule has 3 rings (SSSR count). The Morgan fingerprint density at radius 3 is 2.68 bits per heavy atom. The number of nitrogens with one attached hydrogen (secondary N) is 1. The summed E-state index contributed by atoms with van der Waals surface area (Å²) in [6.07, 6.45) is 2.45. The Morgan fingerprint density at radius 1 is 1.27 bits per heavy atom. The van der Waals surface area contributed by atoms with Crippen molar-refractivity contribution in [3.05, 3.63) is 51.8 Å². The number of aromatic nitrogens is 1. The van der Waals surface area contributed by atoms with Gasteiger partial charge >= 0.3 is 0 Å². The molecule has 0 radical (unpaired) electrons. The van der Waals surface area contributed by atoms with Crippen LogP contribution in [0.5, 0.6) is 5.75 Å². The van der Waals surface area contributed by atoms with E-state index in [-0.39, 0.29) is 5.56 Å². The highest BCUT2D eigenvalue weighted by Crippen LogP contribution is 2.25. The number of aryl methyl sites for hydroxylation is 1. The first-order valence-corrected chi connectivity index (χ1v) is 7.67. The first-order valence-electron chi connectivity index (χ1n) is 7.67. The van der Waals surface area contributed by atoms with Crippen molar-refractivity contribution >= 4 is 0 Å². The second-order valence-corrected chi connectivity index (χ2v) is 5.95. The summed E-state index contributed by atoms with van der Waals surface area (Å²) in [5, 5.41) is 3.39. The molecule has 1 aliphatic carbocycles. The zero-order valence-electron chi connectivity index (χ0n) is 13.3. The van der Waals surface area contributed by atoms with Crippen LogP contribution in [0.25, 0.3) is 11.3 Å². The molecule has 0 amide bonds. The summed E-state index contributed by atoms with van der Waals surface area (Å²) in [6.45, 7) is 2.66. The number of hydrogen-bond acceptors (Lipinski definition) is 3. The van der Waals surface area contributed by atoms with Gasteiger partial charge < -0.3 is 14.6 Å². The molecule has 1 aromatic heterocycles. The Hall–Kier alpha value is -2.07. The molecule has 0 unspecified atom stereocenters. The molecule has 1 fully saturated rings. The van der Waals surface area contributed by atoms with Crippen LogP contribution in [0.1, 0.15) is 24.0 Å². The quantitative estimate of drug-likeness (QED) is 0.923. The molecule has 1 aliphatic rings. The van der Waals surface area contributed by atoms with Gasteiger partial charge in [-0.2, -0.15) is 0 Å². The van der Waals surface area contributed by atoms with Gasteiger partial charge in [-0.15, -0.1) is 0 Å². The predicted molar refractivity (Wildman–Crippen MR) is 88.3 cm³/mol. The van der Waals surface area contributed by atoms with Crippen LogP contribution >= 0.6 is 0 Å². The SMILES string of the molecule is COc1ccc(-c2ccc(CNC3CC3)c(=O)n2C)cc1C. The highest BCUT2D eigenvalue weighted by Gasteiger charge is 2.20. The van der Waals surface area contributed by atoms with Crippen LogP contribution in [-0.4, -0.2) is 17.7 Å². The molecular weight excluding hydrogens is 276 g/mol. The fraction of sp³-hybridized carbons (Fsp3) is 0.389. The molecule has 0 saturated heterocycles. The molecule has 1 saturated carbocycles. The summed E-state index contributed by atoms with van der Waals surface area (Å²) in [7, 11) is 3.50. The molecule has 0 spiro atoms. The number of benzene rings is 1. The van der Waals surface area contributed by atoms with Gasteiger partial charge in [0.05, 0.1) is 12.8 Å². The Kier molecular flexibility index (Phi) is 4.03. The summed E-state index contributed by atoms with van der Waals surface area (Å²) in [5.74, 6) is 0.860. The van der Waals surface area contributed by atoms with Gasteiger partial charge in [-0.05, 0) is 55.2 Å². The lowest BCUT2D eigenvalue weighted by Crippen LogP contribution is -2.27. The van der Waals surface area contributed by atoms with Gasteiger partial charge in [0.15, 0.2) is 0 Å².